The Morgan fingerprint density at radius 1 is 0.939 bits per heavy atom. The summed E-state index contributed by atoms with van der Waals surface area (Å²) in [6.07, 6.45) is 0. The minimum atomic E-state index is -0.570. The third-order valence-corrected chi connectivity index (χ3v) is 6.59. The number of benzene rings is 3. The van der Waals surface area contributed by atoms with Crippen molar-refractivity contribution in [3.8, 4) is 11.3 Å². The summed E-state index contributed by atoms with van der Waals surface area (Å²) in [6, 6.07) is 22.7. The zero-order valence-electron chi connectivity index (χ0n) is 17.7. The van der Waals surface area contributed by atoms with Gasteiger partial charge in [0, 0.05) is 21.0 Å². The number of rotatable bonds is 7. The summed E-state index contributed by atoms with van der Waals surface area (Å²) in [5.74, 6) is -1.01. The van der Waals surface area contributed by atoms with E-state index in [1.54, 1.807) is 30.3 Å². The lowest BCUT2D eigenvalue weighted by Crippen LogP contribution is -2.14. The summed E-state index contributed by atoms with van der Waals surface area (Å²) in [4.78, 5) is 31.1. The standard InChI is InChI=1S/C25H20FN3O2S2/c1-16-23(17-7-3-2-4-8-17)29-25(33-16)28-22(30)15-32-19-13-11-18(12-14-19)27-24(31)20-9-5-6-10-21(20)26/h2-14H,15H2,1H3,(H,27,31)(H,28,29,30). The Morgan fingerprint density at radius 2 is 1.64 bits per heavy atom. The Bertz CT molecular complexity index is 1270. The van der Waals surface area contributed by atoms with Crippen molar-refractivity contribution in [2.24, 2.45) is 0 Å². The summed E-state index contributed by atoms with van der Waals surface area (Å²) in [6.45, 7) is 1.98. The van der Waals surface area contributed by atoms with E-state index in [-0.39, 0.29) is 17.2 Å². The molecule has 1 heterocycles. The van der Waals surface area contributed by atoms with Crippen LogP contribution in [-0.4, -0.2) is 22.6 Å². The molecule has 0 saturated heterocycles. The molecule has 0 aliphatic rings. The number of nitrogens with zero attached hydrogens (tertiary/aromatic N) is 1. The third kappa shape index (κ3) is 5.85. The monoisotopic (exact) mass is 477 g/mol. The number of aromatic nitrogens is 1. The van der Waals surface area contributed by atoms with Crippen LogP contribution in [0.4, 0.5) is 15.2 Å². The van der Waals surface area contributed by atoms with E-state index in [4.69, 9.17) is 0 Å². The number of aryl methyl sites for hydroxylation is 1. The Balaban J connectivity index is 1.30. The number of amides is 2. The fourth-order valence-electron chi connectivity index (χ4n) is 3.10. The Kier molecular flexibility index (Phi) is 7.16. The predicted molar refractivity (Wildman–Crippen MR) is 132 cm³/mol. The minimum Gasteiger partial charge on any atom is -0.322 e. The molecule has 0 fully saturated rings. The molecule has 166 valence electrons. The third-order valence-electron chi connectivity index (χ3n) is 4.69. The Hall–Kier alpha value is -3.49. The maximum Gasteiger partial charge on any atom is 0.258 e. The van der Waals surface area contributed by atoms with Crippen molar-refractivity contribution >= 4 is 45.7 Å². The van der Waals surface area contributed by atoms with Crippen LogP contribution in [-0.2, 0) is 4.79 Å². The highest BCUT2D eigenvalue weighted by atomic mass is 32.2. The van der Waals surface area contributed by atoms with Gasteiger partial charge in [-0.15, -0.1) is 23.1 Å². The number of carbonyl (C=O) groups excluding carboxylic acids is 2. The maximum absolute atomic E-state index is 13.7. The van der Waals surface area contributed by atoms with Gasteiger partial charge in [0.2, 0.25) is 5.91 Å². The molecule has 0 aliphatic carbocycles. The van der Waals surface area contributed by atoms with E-state index in [9.17, 15) is 14.0 Å². The van der Waals surface area contributed by atoms with Crippen LogP contribution in [0.15, 0.2) is 83.8 Å². The molecular weight excluding hydrogens is 457 g/mol. The Morgan fingerprint density at radius 3 is 2.36 bits per heavy atom. The lowest BCUT2D eigenvalue weighted by molar-refractivity contribution is -0.113. The van der Waals surface area contributed by atoms with Gasteiger partial charge in [0.15, 0.2) is 5.13 Å². The van der Waals surface area contributed by atoms with Crippen molar-refractivity contribution in [3.05, 3.63) is 95.1 Å². The molecule has 1 aromatic heterocycles. The van der Waals surface area contributed by atoms with Gasteiger partial charge >= 0.3 is 0 Å². The van der Waals surface area contributed by atoms with Crippen LogP contribution in [0.2, 0.25) is 0 Å². The average Bonchev–Trinajstić information content (AvgIpc) is 3.19. The van der Waals surface area contributed by atoms with Crippen molar-refractivity contribution < 1.29 is 14.0 Å². The molecule has 33 heavy (non-hydrogen) atoms. The average molecular weight is 478 g/mol. The fourth-order valence-corrected chi connectivity index (χ4v) is 4.65. The quantitative estimate of drug-likeness (QED) is 0.309. The summed E-state index contributed by atoms with van der Waals surface area (Å²) >= 11 is 2.82. The van der Waals surface area contributed by atoms with Crippen LogP contribution in [0, 0.1) is 12.7 Å². The lowest BCUT2D eigenvalue weighted by Gasteiger charge is -2.07. The first-order valence-corrected chi connectivity index (χ1v) is 11.9. The second-order valence-corrected chi connectivity index (χ2v) is 9.34. The van der Waals surface area contributed by atoms with Crippen molar-refractivity contribution in [1.82, 2.24) is 4.98 Å². The predicted octanol–water partition coefficient (Wildman–Crippen LogP) is 6.24. The normalized spacial score (nSPS) is 10.6. The molecule has 3 aromatic carbocycles. The summed E-state index contributed by atoms with van der Waals surface area (Å²) in [5, 5.41) is 6.10. The van der Waals surface area contributed by atoms with E-state index >= 15 is 0 Å². The highest BCUT2D eigenvalue weighted by Gasteiger charge is 2.13. The van der Waals surface area contributed by atoms with E-state index in [1.165, 1.54) is 41.3 Å². The topological polar surface area (TPSA) is 71.1 Å². The van der Waals surface area contributed by atoms with Crippen LogP contribution < -0.4 is 10.6 Å². The highest BCUT2D eigenvalue weighted by molar-refractivity contribution is 8.00. The van der Waals surface area contributed by atoms with Crippen LogP contribution in [0.3, 0.4) is 0 Å². The van der Waals surface area contributed by atoms with Crippen LogP contribution in [0.25, 0.3) is 11.3 Å². The van der Waals surface area contributed by atoms with Gasteiger partial charge in [0.05, 0.1) is 17.0 Å². The first-order valence-electron chi connectivity index (χ1n) is 10.1. The van der Waals surface area contributed by atoms with Gasteiger partial charge in [-0.25, -0.2) is 9.37 Å². The van der Waals surface area contributed by atoms with Gasteiger partial charge in [0.1, 0.15) is 5.82 Å². The number of hydrogen-bond donors (Lipinski definition) is 2. The van der Waals surface area contributed by atoms with E-state index < -0.39 is 11.7 Å². The molecule has 5 nitrogen and oxygen atoms in total. The van der Waals surface area contributed by atoms with Crippen molar-refractivity contribution in [2.75, 3.05) is 16.4 Å². The molecule has 4 aromatic rings. The molecule has 0 bridgehead atoms. The number of anilines is 2. The largest absolute Gasteiger partial charge is 0.322 e. The molecule has 8 heteroatoms. The number of halogens is 1. The summed E-state index contributed by atoms with van der Waals surface area (Å²) in [5.41, 5.74) is 2.42. The molecule has 2 amide bonds. The summed E-state index contributed by atoms with van der Waals surface area (Å²) in [7, 11) is 0. The molecular formula is C25H20FN3O2S2. The number of hydrogen-bond acceptors (Lipinski definition) is 5. The van der Waals surface area contributed by atoms with Crippen LogP contribution >= 0.6 is 23.1 Å². The van der Waals surface area contributed by atoms with E-state index in [1.807, 2.05) is 37.3 Å². The first kappa shape index (κ1) is 22.7. The fraction of sp³-hybridized carbons (Fsp3) is 0.0800. The molecule has 0 spiro atoms. The maximum atomic E-state index is 13.7. The van der Waals surface area contributed by atoms with Crippen molar-refractivity contribution in [1.29, 1.82) is 0 Å². The second kappa shape index (κ2) is 10.4. The second-order valence-electron chi connectivity index (χ2n) is 7.09. The first-order chi connectivity index (χ1) is 16.0. The molecule has 0 saturated carbocycles. The van der Waals surface area contributed by atoms with Gasteiger partial charge in [-0.05, 0) is 43.3 Å². The van der Waals surface area contributed by atoms with E-state index in [0.717, 1.165) is 21.0 Å². The van der Waals surface area contributed by atoms with Crippen LogP contribution in [0.5, 0.6) is 0 Å². The van der Waals surface area contributed by atoms with E-state index in [0.29, 0.717) is 10.8 Å². The van der Waals surface area contributed by atoms with Gasteiger partial charge in [-0.2, -0.15) is 0 Å². The van der Waals surface area contributed by atoms with Crippen molar-refractivity contribution in [3.63, 3.8) is 0 Å². The SMILES string of the molecule is Cc1sc(NC(=O)CSc2ccc(NC(=O)c3ccccc3F)cc2)nc1-c1ccccc1. The zero-order chi connectivity index (χ0) is 23.2. The molecule has 0 atom stereocenters. The van der Waals surface area contributed by atoms with Gasteiger partial charge < -0.3 is 10.6 Å². The Labute approximate surface area is 199 Å². The van der Waals surface area contributed by atoms with Gasteiger partial charge in [-0.1, -0.05) is 42.5 Å². The number of thioether (sulfide) groups is 1. The minimum absolute atomic E-state index is 0.0135. The highest BCUT2D eigenvalue weighted by Crippen LogP contribution is 2.30. The number of nitrogens with one attached hydrogen (secondary N) is 2. The van der Waals surface area contributed by atoms with Gasteiger partial charge in [-0.3, -0.25) is 9.59 Å². The lowest BCUT2D eigenvalue weighted by atomic mass is 10.1. The zero-order valence-corrected chi connectivity index (χ0v) is 19.3. The number of thiazole rings is 1. The molecule has 0 unspecified atom stereocenters. The van der Waals surface area contributed by atoms with Gasteiger partial charge in [0.25, 0.3) is 5.91 Å². The molecule has 0 aliphatic heterocycles. The smallest absolute Gasteiger partial charge is 0.258 e. The number of carbonyl (C=O) groups is 2. The van der Waals surface area contributed by atoms with E-state index in [2.05, 4.69) is 15.6 Å². The van der Waals surface area contributed by atoms with Crippen molar-refractivity contribution in [2.45, 2.75) is 11.8 Å². The molecule has 0 radical (unpaired) electrons. The summed E-state index contributed by atoms with van der Waals surface area (Å²) < 4.78 is 13.7. The van der Waals surface area contributed by atoms with Crippen LogP contribution in [0.1, 0.15) is 15.2 Å². The molecule has 2 N–H and O–H groups in total. The molecule has 4 rings (SSSR count).